The number of benzene rings is 3. The van der Waals surface area contributed by atoms with E-state index in [0.717, 1.165) is 45.0 Å². The third-order valence-electron chi connectivity index (χ3n) is 6.04. The van der Waals surface area contributed by atoms with Gasteiger partial charge in [-0.05, 0) is 30.7 Å². The maximum Gasteiger partial charge on any atom is 0.296 e. The highest BCUT2D eigenvalue weighted by Gasteiger charge is 2.15. The highest BCUT2D eigenvalue weighted by Crippen LogP contribution is 2.25. The quantitative estimate of drug-likeness (QED) is 0.357. The van der Waals surface area contributed by atoms with Crippen molar-refractivity contribution >= 4 is 22.4 Å². The molecular formula is C29H21N5O2S. The Kier molecular flexibility index (Phi) is 5.78. The molecule has 0 aliphatic heterocycles. The second-order valence-corrected chi connectivity index (χ2v) is 9.72. The molecule has 0 fully saturated rings. The fourth-order valence-corrected chi connectivity index (χ4v) is 5.02. The van der Waals surface area contributed by atoms with Gasteiger partial charge in [-0.25, -0.2) is 4.68 Å². The maximum absolute atomic E-state index is 13.3. The van der Waals surface area contributed by atoms with Crippen LogP contribution in [0.5, 0.6) is 0 Å². The van der Waals surface area contributed by atoms with Gasteiger partial charge in [0.15, 0.2) is 0 Å². The van der Waals surface area contributed by atoms with Gasteiger partial charge in [-0.2, -0.15) is 19.7 Å². The number of aryl methyl sites for hydroxylation is 1. The van der Waals surface area contributed by atoms with E-state index in [-0.39, 0.29) is 16.2 Å². The zero-order valence-corrected chi connectivity index (χ0v) is 20.7. The van der Waals surface area contributed by atoms with E-state index >= 15 is 0 Å². The van der Waals surface area contributed by atoms with Crippen molar-refractivity contribution in [2.45, 2.75) is 13.3 Å². The first-order chi connectivity index (χ1) is 18.0. The summed E-state index contributed by atoms with van der Waals surface area (Å²) < 4.78 is 3.46. The third-order valence-corrected chi connectivity index (χ3v) is 7.00. The van der Waals surface area contributed by atoms with Gasteiger partial charge in [-0.1, -0.05) is 89.7 Å². The molecule has 6 rings (SSSR count). The summed E-state index contributed by atoms with van der Waals surface area (Å²) in [6.45, 7) is 2.04. The van der Waals surface area contributed by atoms with Crippen LogP contribution in [0.2, 0.25) is 0 Å². The normalized spacial score (nSPS) is 11.9. The highest BCUT2D eigenvalue weighted by atomic mass is 32.1. The molecule has 6 aromatic rings. The molecule has 8 heteroatoms. The van der Waals surface area contributed by atoms with E-state index in [1.165, 1.54) is 4.52 Å². The largest absolute Gasteiger partial charge is 0.296 e. The molecule has 7 nitrogen and oxygen atoms in total. The Bertz CT molecular complexity index is 1890. The summed E-state index contributed by atoms with van der Waals surface area (Å²) in [4.78, 5) is 30.4. The fraction of sp³-hybridized carbons (Fsp3) is 0.0690. The van der Waals surface area contributed by atoms with Crippen molar-refractivity contribution in [1.82, 2.24) is 24.4 Å². The lowest BCUT2D eigenvalue weighted by atomic mass is 10.1. The molecule has 0 bridgehead atoms. The zero-order chi connectivity index (χ0) is 25.4. The van der Waals surface area contributed by atoms with Crippen molar-refractivity contribution < 1.29 is 0 Å². The maximum atomic E-state index is 13.3. The van der Waals surface area contributed by atoms with Crippen LogP contribution in [0.4, 0.5) is 0 Å². The Morgan fingerprint density at radius 3 is 2.30 bits per heavy atom. The van der Waals surface area contributed by atoms with Crippen LogP contribution < -0.4 is 15.7 Å². The average Bonchev–Trinajstić information content (AvgIpc) is 3.47. The molecule has 0 unspecified atom stereocenters. The Hall–Kier alpha value is -4.69. The Morgan fingerprint density at radius 1 is 0.865 bits per heavy atom. The Labute approximate surface area is 215 Å². The van der Waals surface area contributed by atoms with E-state index < -0.39 is 5.56 Å². The van der Waals surface area contributed by atoms with Gasteiger partial charge in [0, 0.05) is 23.7 Å². The molecule has 0 aliphatic carbocycles. The molecule has 3 heterocycles. The van der Waals surface area contributed by atoms with Gasteiger partial charge in [0.05, 0.1) is 15.9 Å². The number of para-hydroxylation sites is 1. The smallest absolute Gasteiger partial charge is 0.266 e. The number of aromatic nitrogens is 5. The first-order valence-corrected chi connectivity index (χ1v) is 12.6. The predicted octanol–water partition coefficient (Wildman–Crippen LogP) is 3.81. The second-order valence-electron chi connectivity index (χ2n) is 8.72. The number of hydrogen-bond acceptors (Lipinski definition) is 6. The molecular weight excluding hydrogens is 482 g/mol. The molecule has 0 N–H and O–H groups in total. The van der Waals surface area contributed by atoms with Crippen molar-refractivity contribution in [1.29, 1.82) is 0 Å². The number of thiazole rings is 1. The standard InChI is InChI=1S/C29H21N5O2S/c1-19-12-14-21(15-13-19)26-22(18-33(32-26)23-10-6-3-7-11-23)17-25-28(36)34-29(37-25)30-27(35)24(31-34)16-20-8-4-2-5-9-20/h2-15,17-18H,16H2,1H3. The topological polar surface area (TPSA) is 82.2 Å². The van der Waals surface area contributed by atoms with E-state index in [9.17, 15) is 9.59 Å². The average molecular weight is 504 g/mol. The number of rotatable bonds is 5. The first-order valence-electron chi connectivity index (χ1n) is 11.8. The first kappa shape index (κ1) is 22.8. The molecule has 0 saturated heterocycles. The van der Waals surface area contributed by atoms with Gasteiger partial charge in [0.25, 0.3) is 11.1 Å². The molecule has 0 atom stereocenters. The van der Waals surface area contributed by atoms with E-state index in [1.807, 2.05) is 98.0 Å². The SMILES string of the molecule is Cc1ccc(-c2nn(-c3ccccc3)cc2C=c2sc3nc(=O)c(Cc4ccccc4)nn3c2=O)cc1. The van der Waals surface area contributed by atoms with Crippen molar-refractivity contribution in [3.05, 3.63) is 139 Å². The van der Waals surface area contributed by atoms with Crippen LogP contribution >= 0.6 is 11.3 Å². The molecule has 0 spiro atoms. The van der Waals surface area contributed by atoms with Crippen LogP contribution in [-0.4, -0.2) is 24.4 Å². The van der Waals surface area contributed by atoms with E-state index in [2.05, 4.69) is 10.1 Å². The molecule has 3 aromatic heterocycles. The van der Waals surface area contributed by atoms with Crippen LogP contribution in [0.15, 0.2) is 101 Å². The van der Waals surface area contributed by atoms with Gasteiger partial charge in [0.2, 0.25) is 4.96 Å². The lowest BCUT2D eigenvalue weighted by Crippen LogP contribution is -2.28. The molecule has 0 amide bonds. The Balaban J connectivity index is 1.49. The minimum absolute atomic E-state index is 0.238. The van der Waals surface area contributed by atoms with Gasteiger partial charge in [-0.15, -0.1) is 0 Å². The molecule has 0 radical (unpaired) electrons. The zero-order valence-electron chi connectivity index (χ0n) is 19.9. The minimum Gasteiger partial charge on any atom is -0.266 e. The Morgan fingerprint density at radius 2 is 1.57 bits per heavy atom. The summed E-state index contributed by atoms with van der Waals surface area (Å²) in [7, 11) is 0. The number of nitrogens with zero attached hydrogens (tertiary/aromatic N) is 5. The summed E-state index contributed by atoms with van der Waals surface area (Å²) in [6.07, 6.45) is 4.01. The van der Waals surface area contributed by atoms with Crippen LogP contribution in [-0.2, 0) is 6.42 Å². The lowest BCUT2D eigenvalue weighted by Gasteiger charge is -2.01. The monoisotopic (exact) mass is 503 g/mol. The lowest BCUT2D eigenvalue weighted by molar-refractivity contribution is 0.811. The predicted molar refractivity (Wildman–Crippen MR) is 145 cm³/mol. The molecule has 3 aromatic carbocycles. The third kappa shape index (κ3) is 4.50. The summed E-state index contributed by atoms with van der Waals surface area (Å²) in [5.74, 6) is 0. The van der Waals surface area contributed by atoms with Gasteiger partial charge < -0.3 is 0 Å². The summed E-state index contributed by atoms with van der Waals surface area (Å²) in [5, 5.41) is 9.21. The molecule has 37 heavy (non-hydrogen) atoms. The number of fused-ring (bicyclic) bond motifs is 1. The number of hydrogen-bond donors (Lipinski definition) is 0. The van der Waals surface area contributed by atoms with Crippen LogP contribution in [0.3, 0.4) is 0 Å². The van der Waals surface area contributed by atoms with Crippen LogP contribution in [0.25, 0.3) is 28.0 Å². The van der Waals surface area contributed by atoms with Crippen LogP contribution in [0.1, 0.15) is 22.4 Å². The summed E-state index contributed by atoms with van der Waals surface area (Å²) >= 11 is 1.14. The summed E-state index contributed by atoms with van der Waals surface area (Å²) in [6, 6.07) is 27.5. The van der Waals surface area contributed by atoms with Crippen molar-refractivity contribution in [2.75, 3.05) is 0 Å². The fourth-order valence-electron chi connectivity index (χ4n) is 4.12. The van der Waals surface area contributed by atoms with Crippen LogP contribution in [0, 0.1) is 6.92 Å². The highest BCUT2D eigenvalue weighted by molar-refractivity contribution is 7.15. The molecule has 180 valence electrons. The van der Waals surface area contributed by atoms with E-state index in [1.54, 1.807) is 10.8 Å². The van der Waals surface area contributed by atoms with Gasteiger partial charge in [0.1, 0.15) is 5.69 Å². The summed E-state index contributed by atoms with van der Waals surface area (Å²) in [5.41, 5.74) is 4.96. The van der Waals surface area contributed by atoms with Crippen molar-refractivity contribution in [3.8, 4) is 16.9 Å². The minimum atomic E-state index is -0.422. The van der Waals surface area contributed by atoms with Gasteiger partial charge in [-0.3, -0.25) is 9.59 Å². The van der Waals surface area contributed by atoms with Crippen molar-refractivity contribution in [3.63, 3.8) is 0 Å². The van der Waals surface area contributed by atoms with Crippen molar-refractivity contribution in [2.24, 2.45) is 0 Å². The van der Waals surface area contributed by atoms with Gasteiger partial charge >= 0.3 is 0 Å². The molecule has 0 aliphatic rings. The van der Waals surface area contributed by atoms with E-state index in [4.69, 9.17) is 5.10 Å². The van der Waals surface area contributed by atoms with E-state index in [0.29, 0.717) is 11.0 Å². The molecule has 0 saturated carbocycles. The second kappa shape index (κ2) is 9.40.